The van der Waals surface area contributed by atoms with Crippen LogP contribution in [0.2, 0.25) is 0 Å². The Balaban J connectivity index is 1.41. The SMILES string of the molecule is COc1ccc2c(n1)CCN(C(=O)Cn1nc(-c3ccc(F)c(C)c3)cc1-c1ccccc1)CC2. The molecule has 2 aromatic heterocycles. The molecule has 0 saturated heterocycles. The number of ether oxygens (including phenoxy) is 1. The Bertz CT molecular complexity index is 1370. The lowest BCUT2D eigenvalue weighted by Gasteiger charge is -2.20. The van der Waals surface area contributed by atoms with Crippen molar-refractivity contribution in [1.29, 1.82) is 0 Å². The summed E-state index contributed by atoms with van der Waals surface area (Å²) < 4.78 is 20.8. The van der Waals surface area contributed by atoms with Gasteiger partial charge in [0.25, 0.3) is 0 Å². The Morgan fingerprint density at radius 2 is 1.80 bits per heavy atom. The van der Waals surface area contributed by atoms with Crippen LogP contribution in [0, 0.1) is 12.7 Å². The highest BCUT2D eigenvalue weighted by molar-refractivity contribution is 5.78. The van der Waals surface area contributed by atoms with E-state index in [1.807, 2.05) is 53.4 Å². The number of benzene rings is 2. The molecule has 1 amide bonds. The molecule has 0 radical (unpaired) electrons. The minimum atomic E-state index is -0.249. The first-order valence-corrected chi connectivity index (χ1v) is 11.7. The standard InChI is InChI=1S/C28H27FN4O2/c1-19-16-22(8-10-23(19)29)25-17-26(21-6-4-3-5-7-21)33(31-25)18-28(34)32-14-12-20-9-11-27(35-2)30-24(20)13-15-32/h3-11,16-17H,12-15,18H2,1-2H3. The number of methoxy groups -OCH3 is 1. The van der Waals surface area contributed by atoms with Crippen LogP contribution in [-0.2, 0) is 24.2 Å². The lowest BCUT2D eigenvalue weighted by Crippen LogP contribution is -2.36. The van der Waals surface area contributed by atoms with Gasteiger partial charge < -0.3 is 9.64 Å². The number of rotatable bonds is 5. The lowest BCUT2D eigenvalue weighted by molar-refractivity contribution is -0.131. The monoisotopic (exact) mass is 470 g/mol. The Kier molecular flexibility index (Phi) is 6.31. The van der Waals surface area contributed by atoms with Gasteiger partial charge in [0.15, 0.2) is 0 Å². The highest BCUT2D eigenvalue weighted by atomic mass is 19.1. The van der Waals surface area contributed by atoms with Crippen molar-refractivity contribution in [3.63, 3.8) is 0 Å². The fraction of sp³-hybridized carbons (Fsp3) is 0.250. The molecular formula is C28H27FN4O2. The first-order valence-electron chi connectivity index (χ1n) is 11.7. The average molecular weight is 471 g/mol. The molecule has 7 heteroatoms. The van der Waals surface area contributed by atoms with Gasteiger partial charge in [-0.05, 0) is 54.3 Å². The number of aromatic nitrogens is 3. The number of hydrogen-bond acceptors (Lipinski definition) is 4. The Hall–Kier alpha value is -4.00. The molecule has 0 N–H and O–H groups in total. The van der Waals surface area contributed by atoms with E-state index in [9.17, 15) is 9.18 Å². The highest BCUT2D eigenvalue weighted by Gasteiger charge is 2.22. The minimum absolute atomic E-state index is 0.00638. The van der Waals surface area contributed by atoms with Crippen LogP contribution in [0.25, 0.3) is 22.5 Å². The van der Waals surface area contributed by atoms with Crippen molar-refractivity contribution in [1.82, 2.24) is 19.7 Å². The van der Waals surface area contributed by atoms with Gasteiger partial charge in [0.05, 0.1) is 18.5 Å². The van der Waals surface area contributed by atoms with E-state index in [1.54, 1.807) is 30.8 Å². The topological polar surface area (TPSA) is 60.2 Å². The number of carbonyl (C=O) groups is 1. The smallest absolute Gasteiger partial charge is 0.244 e. The maximum Gasteiger partial charge on any atom is 0.244 e. The Morgan fingerprint density at radius 3 is 2.57 bits per heavy atom. The van der Waals surface area contributed by atoms with Crippen molar-refractivity contribution < 1.29 is 13.9 Å². The molecule has 0 atom stereocenters. The molecular weight excluding hydrogens is 443 g/mol. The van der Waals surface area contributed by atoms with E-state index in [0.29, 0.717) is 36.6 Å². The van der Waals surface area contributed by atoms with E-state index in [-0.39, 0.29) is 18.3 Å². The molecule has 35 heavy (non-hydrogen) atoms. The van der Waals surface area contributed by atoms with Crippen LogP contribution >= 0.6 is 0 Å². The van der Waals surface area contributed by atoms with Gasteiger partial charge >= 0.3 is 0 Å². The summed E-state index contributed by atoms with van der Waals surface area (Å²) in [5.74, 6) is 0.351. The molecule has 0 fully saturated rings. The molecule has 4 aromatic rings. The summed E-state index contributed by atoms with van der Waals surface area (Å²) in [5, 5.41) is 4.77. The van der Waals surface area contributed by atoms with Crippen molar-refractivity contribution in [2.75, 3.05) is 20.2 Å². The zero-order chi connectivity index (χ0) is 24.4. The number of aryl methyl sites for hydroxylation is 1. The van der Waals surface area contributed by atoms with Gasteiger partial charge in [0.1, 0.15) is 12.4 Å². The van der Waals surface area contributed by atoms with Crippen molar-refractivity contribution >= 4 is 5.91 Å². The highest BCUT2D eigenvalue weighted by Crippen LogP contribution is 2.28. The summed E-state index contributed by atoms with van der Waals surface area (Å²) >= 11 is 0. The molecule has 3 heterocycles. The van der Waals surface area contributed by atoms with Gasteiger partial charge in [-0.2, -0.15) is 5.10 Å². The predicted molar refractivity (Wildman–Crippen MR) is 133 cm³/mol. The molecule has 1 aliphatic rings. The quantitative estimate of drug-likeness (QED) is 0.424. The number of pyridine rings is 1. The van der Waals surface area contributed by atoms with Crippen LogP contribution < -0.4 is 4.74 Å². The van der Waals surface area contributed by atoms with Crippen molar-refractivity contribution in [2.24, 2.45) is 0 Å². The number of carbonyl (C=O) groups excluding carboxylic acids is 1. The largest absolute Gasteiger partial charge is 0.481 e. The van der Waals surface area contributed by atoms with Gasteiger partial charge in [-0.15, -0.1) is 0 Å². The van der Waals surface area contributed by atoms with E-state index in [2.05, 4.69) is 4.98 Å². The fourth-order valence-corrected chi connectivity index (χ4v) is 4.48. The van der Waals surface area contributed by atoms with Crippen molar-refractivity contribution in [3.8, 4) is 28.4 Å². The molecule has 2 aromatic carbocycles. The van der Waals surface area contributed by atoms with E-state index in [4.69, 9.17) is 9.84 Å². The molecule has 0 spiro atoms. The van der Waals surface area contributed by atoms with Gasteiger partial charge in [0.2, 0.25) is 11.8 Å². The van der Waals surface area contributed by atoms with Gasteiger partial charge in [-0.25, -0.2) is 9.37 Å². The molecule has 0 unspecified atom stereocenters. The van der Waals surface area contributed by atoms with Crippen LogP contribution in [0.4, 0.5) is 4.39 Å². The molecule has 0 aliphatic carbocycles. The fourth-order valence-electron chi connectivity index (χ4n) is 4.48. The van der Waals surface area contributed by atoms with Gasteiger partial charge in [-0.3, -0.25) is 9.48 Å². The summed E-state index contributed by atoms with van der Waals surface area (Å²) in [6.45, 7) is 3.08. The minimum Gasteiger partial charge on any atom is -0.481 e. The average Bonchev–Trinajstić information content (AvgIpc) is 3.17. The Labute approximate surface area is 204 Å². The van der Waals surface area contributed by atoms with E-state index in [1.165, 1.54) is 6.07 Å². The third-order valence-electron chi connectivity index (χ3n) is 6.46. The predicted octanol–water partition coefficient (Wildman–Crippen LogP) is 4.70. The number of amides is 1. The van der Waals surface area contributed by atoms with Crippen molar-refractivity contribution in [3.05, 3.63) is 89.4 Å². The van der Waals surface area contributed by atoms with Crippen LogP contribution in [0.3, 0.4) is 0 Å². The normalized spacial score (nSPS) is 13.3. The summed E-state index contributed by atoms with van der Waals surface area (Å²) in [6, 6.07) is 20.7. The van der Waals surface area contributed by atoms with Gasteiger partial charge in [-0.1, -0.05) is 36.4 Å². The molecule has 1 aliphatic heterocycles. The van der Waals surface area contributed by atoms with Gasteiger partial charge in [0, 0.05) is 36.8 Å². The van der Waals surface area contributed by atoms with Crippen LogP contribution in [0.1, 0.15) is 16.8 Å². The number of fused-ring (bicyclic) bond motifs is 1. The molecule has 5 rings (SSSR count). The second-order valence-corrected chi connectivity index (χ2v) is 8.74. The van der Waals surface area contributed by atoms with E-state index in [0.717, 1.165) is 34.5 Å². The summed E-state index contributed by atoms with van der Waals surface area (Å²) in [7, 11) is 1.61. The maximum absolute atomic E-state index is 13.8. The number of nitrogens with zero attached hydrogens (tertiary/aromatic N) is 4. The molecule has 0 saturated carbocycles. The van der Waals surface area contributed by atoms with Crippen LogP contribution in [0.15, 0.2) is 66.7 Å². The third-order valence-corrected chi connectivity index (χ3v) is 6.46. The molecule has 6 nitrogen and oxygen atoms in total. The second kappa shape index (κ2) is 9.70. The lowest BCUT2D eigenvalue weighted by atomic mass is 10.1. The number of halogens is 1. The molecule has 178 valence electrons. The van der Waals surface area contributed by atoms with Crippen LogP contribution in [0.5, 0.6) is 5.88 Å². The maximum atomic E-state index is 13.8. The zero-order valence-electron chi connectivity index (χ0n) is 19.9. The summed E-state index contributed by atoms with van der Waals surface area (Å²) in [6.07, 6.45) is 1.44. The Morgan fingerprint density at radius 1 is 1.00 bits per heavy atom. The second-order valence-electron chi connectivity index (χ2n) is 8.74. The summed E-state index contributed by atoms with van der Waals surface area (Å²) in [4.78, 5) is 19.8. The third kappa shape index (κ3) is 4.80. The van der Waals surface area contributed by atoms with Crippen LogP contribution in [-0.4, -0.2) is 45.8 Å². The summed E-state index contributed by atoms with van der Waals surface area (Å²) in [5.41, 5.74) is 6.04. The first-order chi connectivity index (χ1) is 17.0. The number of hydrogen-bond donors (Lipinski definition) is 0. The first kappa shape index (κ1) is 22.8. The zero-order valence-corrected chi connectivity index (χ0v) is 19.9. The molecule has 0 bridgehead atoms. The van der Waals surface area contributed by atoms with E-state index >= 15 is 0 Å². The van der Waals surface area contributed by atoms with E-state index < -0.39 is 0 Å². The van der Waals surface area contributed by atoms with Crippen molar-refractivity contribution in [2.45, 2.75) is 26.3 Å².